The Hall–Kier alpha value is -2.36. The molecule has 0 aromatic carbocycles. The zero-order chi connectivity index (χ0) is 15.6. The molecule has 0 spiro atoms. The van der Waals surface area contributed by atoms with E-state index in [1.54, 1.807) is 0 Å². The van der Waals surface area contributed by atoms with Crippen LogP contribution < -0.4 is 5.73 Å². The Labute approximate surface area is 123 Å². The van der Waals surface area contributed by atoms with Gasteiger partial charge in [-0.2, -0.15) is 0 Å². The molecule has 1 aromatic heterocycles. The van der Waals surface area contributed by atoms with E-state index in [2.05, 4.69) is 19.7 Å². The number of hydrogen-bond acceptors (Lipinski definition) is 7. The van der Waals surface area contributed by atoms with Crippen LogP contribution in [-0.4, -0.2) is 57.2 Å². The van der Waals surface area contributed by atoms with Crippen LogP contribution in [0.3, 0.4) is 0 Å². The molecule has 1 aromatic rings. The number of amides is 2. The van der Waals surface area contributed by atoms with Crippen LogP contribution in [0.4, 0.5) is 5.82 Å². The van der Waals surface area contributed by atoms with Crippen LogP contribution in [0.25, 0.3) is 0 Å². The lowest BCUT2D eigenvalue weighted by atomic mass is 10.3. The number of ether oxygens (including phenoxy) is 1. The van der Waals surface area contributed by atoms with Gasteiger partial charge in [0, 0.05) is 7.05 Å². The Morgan fingerprint density at radius 1 is 1.62 bits per heavy atom. The number of nitrogens with two attached hydrogens (primary N) is 1. The Bertz CT molecular complexity index is 626. The number of nitrogens with zero attached hydrogens (tertiary/aromatic N) is 3. The number of esters is 1. The number of aromatic amines is 1. The van der Waals surface area contributed by atoms with Crippen molar-refractivity contribution in [3.63, 3.8) is 0 Å². The zero-order valence-electron chi connectivity index (χ0n) is 11.3. The van der Waals surface area contributed by atoms with E-state index in [0.29, 0.717) is 5.17 Å². The van der Waals surface area contributed by atoms with E-state index in [4.69, 9.17) is 5.73 Å². The average molecular weight is 311 g/mol. The molecule has 3 N–H and O–H groups in total. The van der Waals surface area contributed by atoms with Crippen molar-refractivity contribution in [2.75, 3.05) is 14.2 Å². The number of imidazole rings is 1. The van der Waals surface area contributed by atoms with Gasteiger partial charge in [-0.05, 0) is 0 Å². The van der Waals surface area contributed by atoms with Gasteiger partial charge >= 0.3 is 5.97 Å². The molecule has 0 bridgehead atoms. The van der Waals surface area contributed by atoms with Crippen LogP contribution in [0.15, 0.2) is 11.3 Å². The van der Waals surface area contributed by atoms with E-state index in [1.165, 1.54) is 25.4 Å². The van der Waals surface area contributed by atoms with Crippen molar-refractivity contribution in [1.29, 1.82) is 0 Å². The van der Waals surface area contributed by atoms with E-state index < -0.39 is 17.1 Å². The van der Waals surface area contributed by atoms with Crippen molar-refractivity contribution in [2.24, 2.45) is 10.7 Å². The Balaban J connectivity index is 2.22. The molecule has 9 nitrogen and oxygen atoms in total. The van der Waals surface area contributed by atoms with Crippen LogP contribution in [-0.2, 0) is 14.3 Å². The predicted octanol–water partition coefficient (Wildman–Crippen LogP) is -0.367. The maximum absolute atomic E-state index is 12.0. The van der Waals surface area contributed by atoms with E-state index in [0.717, 1.165) is 11.8 Å². The standard InChI is InChI=1S/C11H13N5O4S/c1-16-10(19)5(3-6(17)20-2)21-11(16)15-9-7(8(12)18)13-4-14-9/h4-5H,3H2,1-2H3,(H2,12,18)(H,13,14)/t5-/m0/s1. The highest BCUT2D eigenvalue weighted by Gasteiger charge is 2.37. The molecule has 0 aliphatic carbocycles. The molecule has 1 fully saturated rings. The number of amidine groups is 1. The van der Waals surface area contributed by atoms with Gasteiger partial charge in [0.2, 0.25) is 5.91 Å². The number of aromatic nitrogens is 2. The number of methoxy groups -OCH3 is 1. The van der Waals surface area contributed by atoms with Gasteiger partial charge in [0.1, 0.15) is 5.25 Å². The molecule has 21 heavy (non-hydrogen) atoms. The number of H-pyrrole nitrogens is 1. The quantitative estimate of drug-likeness (QED) is 0.730. The smallest absolute Gasteiger partial charge is 0.307 e. The van der Waals surface area contributed by atoms with Gasteiger partial charge in [-0.1, -0.05) is 11.8 Å². The second-order valence-corrected chi connectivity index (χ2v) is 5.31. The first kappa shape index (κ1) is 15.0. The van der Waals surface area contributed by atoms with Crippen molar-refractivity contribution in [3.05, 3.63) is 12.0 Å². The van der Waals surface area contributed by atoms with E-state index in [-0.39, 0.29) is 23.8 Å². The lowest BCUT2D eigenvalue weighted by Crippen LogP contribution is -2.29. The van der Waals surface area contributed by atoms with Gasteiger partial charge in [-0.25, -0.2) is 9.98 Å². The molecular weight excluding hydrogens is 298 g/mol. The van der Waals surface area contributed by atoms with Crippen molar-refractivity contribution in [2.45, 2.75) is 11.7 Å². The van der Waals surface area contributed by atoms with Crippen LogP contribution in [0.5, 0.6) is 0 Å². The molecule has 0 saturated carbocycles. The molecule has 0 unspecified atom stereocenters. The van der Waals surface area contributed by atoms with Crippen molar-refractivity contribution in [1.82, 2.24) is 14.9 Å². The molecule has 1 atom stereocenters. The number of hydrogen-bond donors (Lipinski definition) is 2. The Kier molecular flexibility index (Phi) is 4.26. The maximum Gasteiger partial charge on any atom is 0.307 e. The van der Waals surface area contributed by atoms with Crippen LogP contribution in [0.2, 0.25) is 0 Å². The number of carbonyl (C=O) groups excluding carboxylic acids is 3. The van der Waals surface area contributed by atoms with Gasteiger partial charge < -0.3 is 15.5 Å². The summed E-state index contributed by atoms with van der Waals surface area (Å²) in [5, 5.41) is -0.263. The third-order valence-corrected chi connectivity index (χ3v) is 4.02. The SMILES string of the molecule is COC(=O)C[C@@H]1SC(=Nc2nc[nH]c2C(N)=O)N(C)C1=O. The summed E-state index contributed by atoms with van der Waals surface area (Å²) in [5.41, 5.74) is 5.23. The summed E-state index contributed by atoms with van der Waals surface area (Å²) in [7, 11) is 2.79. The first-order chi connectivity index (χ1) is 9.93. The van der Waals surface area contributed by atoms with Crippen LogP contribution in [0, 0.1) is 0 Å². The molecule has 1 aliphatic rings. The molecule has 2 rings (SSSR count). The highest BCUT2D eigenvalue weighted by Crippen LogP contribution is 2.30. The zero-order valence-corrected chi connectivity index (χ0v) is 12.1. The minimum absolute atomic E-state index is 0.0490. The average Bonchev–Trinajstić information content (AvgIpc) is 3.00. The molecular formula is C11H13N5O4S. The van der Waals surface area contributed by atoms with Gasteiger partial charge in [-0.3, -0.25) is 19.3 Å². The monoisotopic (exact) mass is 311 g/mol. The number of carbonyl (C=O) groups is 3. The van der Waals surface area contributed by atoms with Gasteiger partial charge in [-0.15, -0.1) is 0 Å². The summed E-state index contributed by atoms with van der Waals surface area (Å²) in [6.07, 6.45) is 1.24. The lowest BCUT2D eigenvalue weighted by molar-refractivity contribution is -0.142. The first-order valence-electron chi connectivity index (χ1n) is 5.87. The van der Waals surface area contributed by atoms with Crippen molar-refractivity contribution in [3.8, 4) is 0 Å². The predicted molar refractivity (Wildman–Crippen MR) is 75.0 cm³/mol. The van der Waals surface area contributed by atoms with Crippen molar-refractivity contribution >= 4 is 40.5 Å². The third kappa shape index (κ3) is 3.05. The summed E-state index contributed by atoms with van der Waals surface area (Å²) in [6.45, 7) is 0. The fraction of sp³-hybridized carbons (Fsp3) is 0.364. The summed E-state index contributed by atoms with van der Waals surface area (Å²) in [5.74, 6) is -1.34. The van der Waals surface area contributed by atoms with Crippen molar-refractivity contribution < 1.29 is 19.1 Å². The largest absolute Gasteiger partial charge is 0.469 e. The fourth-order valence-corrected chi connectivity index (χ4v) is 2.80. The lowest BCUT2D eigenvalue weighted by Gasteiger charge is -2.07. The Morgan fingerprint density at radius 2 is 2.33 bits per heavy atom. The summed E-state index contributed by atoms with van der Waals surface area (Å²) < 4.78 is 4.55. The van der Waals surface area contributed by atoms with Crippen LogP contribution in [0.1, 0.15) is 16.9 Å². The minimum atomic E-state index is -0.699. The molecule has 10 heteroatoms. The molecule has 1 saturated heterocycles. The molecule has 0 radical (unpaired) electrons. The second kappa shape index (κ2) is 5.95. The highest BCUT2D eigenvalue weighted by atomic mass is 32.2. The maximum atomic E-state index is 12.0. The number of aliphatic imine (C=N–C) groups is 1. The Morgan fingerprint density at radius 3 is 2.95 bits per heavy atom. The van der Waals surface area contributed by atoms with Crippen LogP contribution >= 0.6 is 11.8 Å². The molecule has 2 amide bonds. The highest BCUT2D eigenvalue weighted by molar-refractivity contribution is 8.15. The van der Waals surface area contributed by atoms with Gasteiger partial charge in [0.25, 0.3) is 5.91 Å². The number of nitrogens with one attached hydrogen (secondary N) is 1. The second-order valence-electron chi connectivity index (χ2n) is 4.14. The summed E-state index contributed by atoms with van der Waals surface area (Å²) in [4.78, 5) is 46.4. The first-order valence-corrected chi connectivity index (χ1v) is 6.75. The topological polar surface area (TPSA) is 131 Å². The summed E-state index contributed by atoms with van der Waals surface area (Å²) in [6, 6.07) is 0. The van der Waals surface area contributed by atoms with E-state index in [1.807, 2.05) is 0 Å². The molecule has 2 heterocycles. The van der Waals surface area contributed by atoms with E-state index >= 15 is 0 Å². The minimum Gasteiger partial charge on any atom is -0.469 e. The normalized spacial score (nSPS) is 20.1. The number of thioether (sulfide) groups is 1. The van der Waals surface area contributed by atoms with Gasteiger partial charge in [0.15, 0.2) is 16.7 Å². The molecule has 1 aliphatic heterocycles. The third-order valence-electron chi connectivity index (χ3n) is 2.79. The molecule has 112 valence electrons. The number of rotatable bonds is 4. The number of primary amides is 1. The summed E-state index contributed by atoms with van der Waals surface area (Å²) >= 11 is 1.11. The fourth-order valence-electron chi connectivity index (χ4n) is 1.68. The van der Waals surface area contributed by atoms with Gasteiger partial charge in [0.05, 0.1) is 19.9 Å². The van der Waals surface area contributed by atoms with E-state index in [9.17, 15) is 14.4 Å².